The summed E-state index contributed by atoms with van der Waals surface area (Å²) in [7, 11) is 1.80. The van der Waals surface area contributed by atoms with E-state index in [1.54, 1.807) is 7.05 Å². The monoisotopic (exact) mass is 310 g/mol. The molecule has 1 aliphatic heterocycles. The summed E-state index contributed by atoms with van der Waals surface area (Å²) in [6, 6.07) is 4.10. The highest BCUT2D eigenvalue weighted by molar-refractivity contribution is 7.99. The molecule has 0 bridgehead atoms. The van der Waals surface area contributed by atoms with Crippen molar-refractivity contribution in [1.29, 1.82) is 0 Å². The second-order valence-electron chi connectivity index (χ2n) is 5.27. The Morgan fingerprint density at radius 3 is 2.81 bits per heavy atom. The summed E-state index contributed by atoms with van der Waals surface area (Å²) >= 11 is 2.04. The summed E-state index contributed by atoms with van der Waals surface area (Å²) < 4.78 is 5.63. The van der Waals surface area contributed by atoms with Crippen molar-refractivity contribution in [3.63, 3.8) is 0 Å². The molecule has 0 spiro atoms. The predicted octanol–water partition coefficient (Wildman–Crippen LogP) is 1.86. The number of hydrogen-bond donors (Lipinski definition) is 2. The Hall–Kier alpha value is -1.14. The van der Waals surface area contributed by atoms with Crippen molar-refractivity contribution in [3.05, 3.63) is 23.7 Å². The van der Waals surface area contributed by atoms with Gasteiger partial charge in [0.25, 0.3) is 0 Å². The van der Waals surface area contributed by atoms with Crippen molar-refractivity contribution in [3.8, 4) is 0 Å². The topological polar surface area (TPSA) is 52.8 Å². The Morgan fingerprint density at radius 1 is 1.43 bits per heavy atom. The first-order valence-electron chi connectivity index (χ1n) is 7.52. The first kappa shape index (κ1) is 16.2. The third-order valence-corrected chi connectivity index (χ3v) is 4.53. The van der Waals surface area contributed by atoms with E-state index in [2.05, 4.69) is 27.4 Å². The van der Waals surface area contributed by atoms with Crippen LogP contribution in [0.2, 0.25) is 0 Å². The molecule has 2 rings (SSSR count). The Morgan fingerprint density at radius 2 is 2.19 bits per heavy atom. The van der Waals surface area contributed by atoms with Gasteiger partial charge < -0.3 is 15.1 Å². The molecule has 0 aliphatic carbocycles. The highest BCUT2D eigenvalue weighted by Crippen LogP contribution is 2.15. The summed E-state index contributed by atoms with van der Waals surface area (Å²) in [4.78, 5) is 6.77. The first-order chi connectivity index (χ1) is 10.2. The van der Waals surface area contributed by atoms with Crippen LogP contribution in [-0.4, -0.2) is 55.6 Å². The minimum Gasteiger partial charge on any atom is -0.464 e. The van der Waals surface area contributed by atoms with E-state index in [9.17, 15) is 0 Å². The van der Waals surface area contributed by atoms with Gasteiger partial charge in [-0.15, -0.1) is 0 Å². The van der Waals surface area contributed by atoms with Gasteiger partial charge in [-0.2, -0.15) is 11.8 Å². The van der Waals surface area contributed by atoms with Gasteiger partial charge >= 0.3 is 0 Å². The minimum absolute atomic E-state index is 0.108. The molecule has 1 atom stereocenters. The lowest BCUT2D eigenvalue weighted by Gasteiger charge is -2.26. The van der Waals surface area contributed by atoms with Crippen molar-refractivity contribution >= 4 is 17.7 Å². The van der Waals surface area contributed by atoms with Crippen molar-refractivity contribution in [2.24, 2.45) is 4.99 Å². The third-order valence-electron chi connectivity index (χ3n) is 3.59. The maximum absolute atomic E-state index is 5.63. The van der Waals surface area contributed by atoms with E-state index < -0.39 is 0 Å². The fourth-order valence-electron chi connectivity index (χ4n) is 2.31. The smallest absolute Gasteiger partial charge is 0.191 e. The predicted molar refractivity (Wildman–Crippen MR) is 90.1 cm³/mol. The molecule has 21 heavy (non-hydrogen) atoms. The molecule has 1 saturated heterocycles. The Bertz CT molecular complexity index is 454. The van der Waals surface area contributed by atoms with Gasteiger partial charge in [0.2, 0.25) is 0 Å². The number of aryl methyl sites for hydroxylation is 1. The van der Waals surface area contributed by atoms with Crippen LogP contribution in [0, 0.1) is 6.92 Å². The summed E-state index contributed by atoms with van der Waals surface area (Å²) in [5, 5.41) is 6.73. The zero-order valence-corrected chi connectivity index (χ0v) is 14.0. The maximum Gasteiger partial charge on any atom is 0.191 e. The van der Waals surface area contributed by atoms with Crippen LogP contribution >= 0.6 is 11.8 Å². The van der Waals surface area contributed by atoms with Crippen molar-refractivity contribution < 1.29 is 4.42 Å². The molecule has 1 aliphatic rings. The van der Waals surface area contributed by atoms with Crippen LogP contribution in [0.15, 0.2) is 21.5 Å². The number of nitrogens with one attached hydrogen (secondary N) is 2. The molecule has 0 aromatic carbocycles. The molecule has 118 valence electrons. The molecule has 6 heteroatoms. The zero-order valence-electron chi connectivity index (χ0n) is 13.2. The van der Waals surface area contributed by atoms with Crippen molar-refractivity contribution in [2.45, 2.75) is 19.9 Å². The van der Waals surface area contributed by atoms with Crippen LogP contribution in [0.5, 0.6) is 0 Å². The van der Waals surface area contributed by atoms with Crippen LogP contribution in [0.3, 0.4) is 0 Å². The fraction of sp³-hybridized carbons (Fsp3) is 0.667. The molecule has 1 aromatic rings. The molecule has 0 amide bonds. The molecule has 5 nitrogen and oxygen atoms in total. The van der Waals surface area contributed by atoms with E-state index in [4.69, 9.17) is 4.42 Å². The van der Waals surface area contributed by atoms with Gasteiger partial charge in [0.15, 0.2) is 5.96 Å². The fourth-order valence-corrected chi connectivity index (χ4v) is 3.29. The van der Waals surface area contributed by atoms with Gasteiger partial charge in [-0.05, 0) is 26.0 Å². The largest absolute Gasteiger partial charge is 0.464 e. The van der Waals surface area contributed by atoms with E-state index in [-0.39, 0.29) is 6.04 Å². The number of guanidine groups is 1. The van der Waals surface area contributed by atoms with E-state index in [1.807, 2.05) is 30.8 Å². The molecule has 1 unspecified atom stereocenters. The van der Waals surface area contributed by atoms with Gasteiger partial charge in [0.05, 0.1) is 6.04 Å². The standard InChI is InChI=1S/C15H26N4OS/c1-12-4-5-14(20-12)13(2)18-15(16-3)17-6-7-19-8-10-21-11-9-19/h4-5,13H,6-11H2,1-3H3,(H2,16,17,18). The van der Waals surface area contributed by atoms with Crippen LogP contribution in [0.1, 0.15) is 24.5 Å². The molecular weight excluding hydrogens is 284 g/mol. The lowest BCUT2D eigenvalue weighted by molar-refractivity contribution is 0.306. The van der Waals surface area contributed by atoms with Gasteiger partial charge in [-0.1, -0.05) is 0 Å². The summed E-state index contributed by atoms with van der Waals surface area (Å²) in [6.45, 7) is 8.40. The molecule has 0 radical (unpaired) electrons. The SMILES string of the molecule is CN=C(NCCN1CCSCC1)NC(C)c1ccc(C)o1. The Labute approximate surface area is 131 Å². The van der Waals surface area contributed by atoms with E-state index in [0.29, 0.717) is 0 Å². The number of nitrogens with zero attached hydrogens (tertiary/aromatic N) is 2. The number of furan rings is 1. The van der Waals surface area contributed by atoms with Gasteiger partial charge in [0.1, 0.15) is 11.5 Å². The van der Waals surface area contributed by atoms with Crippen LogP contribution in [0.4, 0.5) is 0 Å². The first-order valence-corrected chi connectivity index (χ1v) is 8.68. The van der Waals surface area contributed by atoms with E-state index in [1.165, 1.54) is 24.6 Å². The highest BCUT2D eigenvalue weighted by Gasteiger charge is 2.12. The molecule has 2 N–H and O–H groups in total. The molecular formula is C15H26N4OS. The summed E-state index contributed by atoms with van der Waals surface area (Å²) in [5.74, 6) is 5.19. The van der Waals surface area contributed by atoms with Gasteiger partial charge in [-0.25, -0.2) is 0 Å². The Kier molecular flexibility index (Phi) is 6.45. The zero-order chi connectivity index (χ0) is 15.1. The normalized spacial score (nSPS) is 18.5. The van der Waals surface area contributed by atoms with Gasteiger partial charge in [0, 0.05) is 44.7 Å². The third kappa shape index (κ3) is 5.28. The van der Waals surface area contributed by atoms with Crippen molar-refractivity contribution in [1.82, 2.24) is 15.5 Å². The number of aliphatic imine (C=N–C) groups is 1. The number of rotatable bonds is 5. The molecule has 1 aromatic heterocycles. The summed E-state index contributed by atoms with van der Waals surface area (Å²) in [5.41, 5.74) is 0. The molecule has 1 fully saturated rings. The number of hydrogen-bond acceptors (Lipinski definition) is 4. The van der Waals surface area contributed by atoms with Crippen molar-refractivity contribution in [2.75, 3.05) is 44.7 Å². The number of thioether (sulfide) groups is 1. The van der Waals surface area contributed by atoms with E-state index in [0.717, 1.165) is 30.6 Å². The second kappa shape index (κ2) is 8.34. The van der Waals surface area contributed by atoms with Gasteiger partial charge in [-0.3, -0.25) is 9.89 Å². The lowest BCUT2D eigenvalue weighted by Crippen LogP contribution is -2.43. The average molecular weight is 310 g/mol. The van der Waals surface area contributed by atoms with Crippen LogP contribution in [-0.2, 0) is 0 Å². The highest BCUT2D eigenvalue weighted by atomic mass is 32.2. The molecule has 0 saturated carbocycles. The summed E-state index contributed by atoms with van der Waals surface area (Å²) in [6.07, 6.45) is 0. The Balaban J connectivity index is 1.72. The van der Waals surface area contributed by atoms with E-state index >= 15 is 0 Å². The average Bonchev–Trinajstić information content (AvgIpc) is 2.94. The maximum atomic E-state index is 5.63. The minimum atomic E-state index is 0.108. The quantitative estimate of drug-likeness (QED) is 0.642. The molecule has 2 heterocycles. The van der Waals surface area contributed by atoms with Crippen LogP contribution < -0.4 is 10.6 Å². The second-order valence-corrected chi connectivity index (χ2v) is 6.49. The van der Waals surface area contributed by atoms with Crippen LogP contribution in [0.25, 0.3) is 0 Å². The lowest BCUT2D eigenvalue weighted by atomic mass is 10.2.